The first kappa shape index (κ1) is 6.99. The Morgan fingerprint density at radius 2 is 1.78 bits per heavy atom. The van der Waals surface area contributed by atoms with Crippen molar-refractivity contribution < 1.29 is 10.1 Å². The van der Waals surface area contributed by atoms with Crippen LogP contribution in [0.2, 0.25) is 0 Å². The second-order valence-electron chi connectivity index (χ2n) is 2.72. The first-order valence-corrected chi connectivity index (χ1v) is 3.38. The van der Waals surface area contributed by atoms with Gasteiger partial charge >= 0.3 is 0 Å². The first-order valence-electron chi connectivity index (χ1n) is 3.38. The molecule has 0 aromatic rings. The number of hydrogen-bond acceptors (Lipinski definition) is 3. The molecule has 9 heavy (non-hydrogen) atoms. The summed E-state index contributed by atoms with van der Waals surface area (Å²) in [4.78, 5) is 4.16. The molecular weight excluding hydrogens is 118 g/mol. The molecule has 1 aliphatic rings. The van der Waals surface area contributed by atoms with Gasteiger partial charge in [0.15, 0.2) is 5.72 Å². The molecule has 1 rings (SSSR count). The van der Waals surface area contributed by atoms with Gasteiger partial charge in [-0.25, -0.2) is 10.1 Å². The quantitative estimate of drug-likeness (QED) is 0.318. The van der Waals surface area contributed by atoms with Gasteiger partial charge in [-0.3, -0.25) is 0 Å². The average molecular weight is 131 g/mol. The molecular formula is C6H13NO2. The maximum absolute atomic E-state index is 8.33. The summed E-state index contributed by atoms with van der Waals surface area (Å²) in [6.45, 7) is 0. The van der Waals surface area contributed by atoms with Gasteiger partial charge in [0, 0.05) is 0 Å². The second kappa shape index (κ2) is 2.64. The lowest BCUT2D eigenvalue weighted by Crippen LogP contribution is -2.43. The molecule has 3 N–H and O–H groups in total. The molecule has 0 aliphatic heterocycles. The number of nitrogens with two attached hydrogens (primary N) is 1. The Balaban J connectivity index is 2.37. The Hall–Kier alpha value is -0.120. The maximum atomic E-state index is 8.33. The van der Waals surface area contributed by atoms with Gasteiger partial charge in [0.05, 0.1) is 0 Å². The molecule has 0 saturated heterocycles. The van der Waals surface area contributed by atoms with Gasteiger partial charge in [0.25, 0.3) is 0 Å². The van der Waals surface area contributed by atoms with Crippen LogP contribution in [0, 0.1) is 0 Å². The molecule has 0 spiro atoms. The van der Waals surface area contributed by atoms with E-state index in [0.29, 0.717) is 0 Å². The minimum Gasteiger partial charge on any atom is -0.301 e. The van der Waals surface area contributed by atoms with E-state index in [-0.39, 0.29) is 0 Å². The fourth-order valence-electron chi connectivity index (χ4n) is 1.24. The van der Waals surface area contributed by atoms with Crippen LogP contribution < -0.4 is 5.73 Å². The lowest BCUT2D eigenvalue weighted by Gasteiger charge is -2.29. The van der Waals surface area contributed by atoms with Crippen LogP contribution in [0.5, 0.6) is 0 Å². The van der Waals surface area contributed by atoms with Crippen molar-refractivity contribution in [3.05, 3.63) is 0 Å². The average Bonchev–Trinajstić information content (AvgIpc) is 1.90. The van der Waals surface area contributed by atoms with E-state index >= 15 is 0 Å². The summed E-state index contributed by atoms with van der Waals surface area (Å²) >= 11 is 0. The van der Waals surface area contributed by atoms with Crippen LogP contribution in [-0.2, 0) is 4.89 Å². The third kappa shape index (κ3) is 1.64. The molecule has 0 radical (unpaired) electrons. The topological polar surface area (TPSA) is 55.5 Å². The van der Waals surface area contributed by atoms with Crippen molar-refractivity contribution in [2.24, 2.45) is 5.73 Å². The van der Waals surface area contributed by atoms with Crippen molar-refractivity contribution in [2.45, 2.75) is 37.8 Å². The van der Waals surface area contributed by atoms with E-state index in [1.807, 2.05) is 0 Å². The summed E-state index contributed by atoms with van der Waals surface area (Å²) in [5, 5.41) is 8.33. The molecule has 0 aromatic heterocycles. The highest BCUT2D eigenvalue weighted by Gasteiger charge is 2.28. The fraction of sp³-hybridized carbons (Fsp3) is 1.00. The molecule has 0 amide bonds. The monoisotopic (exact) mass is 131 g/mol. The van der Waals surface area contributed by atoms with Crippen LogP contribution >= 0.6 is 0 Å². The van der Waals surface area contributed by atoms with E-state index < -0.39 is 5.72 Å². The summed E-state index contributed by atoms with van der Waals surface area (Å²) in [6, 6.07) is 0. The Kier molecular flexibility index (Phi) is 2.05. The van der Waals surface area contributed by atoms with Crippen LogP contribution in [0.4, 0.5) is 0 Å². The summed E-state index contributed by atoms with van der Waals surface area (Å²) in [6.07, 6.45) is 4.91. The second-order valence-corrected chi connectivity index (χ2v) is 2.72. The lowest BCUT2D eigenvalue weighted by molar-refractivity contribution is -0.329. The molecule has 1 saturated carbocycles. The van der Waals surface area contributed by atoms with Gasteiger partial charge in [-0.2, -0.15) is 0 Å². The summed E-state index contributed by atoms with van der Waals surface area (Å²) < 4.78 is 0. The lowest BCUT2D eigenvalue weighted by atomic mass is 9.93. The van der Waals surface area contributed by atoms with Gasteiger partial charge in [-0.15, -0.1) is 0 Å². The summed E-state index contributed by atoms with van der Waals surface area (Å²) in [5.41, 5.74) is 4.86. The Morgan fingerprint density at radius 1 is 1.22 bits per heavy atom. The zero-order valence-electron chi connectivity index (χ0n) is 5.47. The van der Waals surface area contributed by atoms with Crippen LogP contribution in [-0.4, -0.2) is 11.0 Å². The van der Waals surface area contributed by atoms with Gasteiger partial charge in [-0.1, -0.05) is 6.42 Å². The number of hydrogen-bond donors (Lipinski definition) is 2. The molecule has 1 aliphatic carbocycles. The predicted molar refractivity (Wildman–Crippen MR) is 33.7 cm³/mol. The SMILES string of the molecule is NC1(OO)CCCCC1. The minimum absolute atomic E-state index is 0.724. The summed E-state index contributed by atoms with van der Waals surface area (Å²) in [5.74, 6) is 0. The molecule has 1 fully saturated rings. The smallest absolute Gasteiger partial charge is 0.151 e. The summed E-state index contributed by atoms with van der Waals surface area (Å²) in [7, 11) is 0. The van der Waals surface area contributed by atoms with Crippen molar-refractivity contribution in [3.63, 3.8) is 0 Å². The van der Waals surface area contributed by atoms with E-state index in [9.17, 15) is 0 Å². The molecule has 0 atom stereocenters. The third-order valence-electron chi connectivity index (χ3n) is 1.88. The molecule has 3 nitrogen and oxygen atoms in total. The van der Waals surface area contributed by atoms with Gasteiger partial charge in [-0.05, 0) is 25.7 Å². The Bertz CT molecular complexity index is 89.1. The molecule has 0 bridgehead atoms. The van der Waals surface area contributed by atoms with Crippen LogP contribution in [0.1, 0.15) is 32.1 Å². The molecule has 54 valence electrons. The first-order chi connectivity index (χ1) is 4.27. The van der Waals surface area contributed by atoms with Gasteiger partial charge in [0.1, 0.15) is 0 Å². The fourth-order valence-corrected chi connectivity index (χ4v) is 1.24. The van der Waals surface area contributed by atoms with Crippen molar-refractivity contribution in [3.8, 4) is 0 Å². The Labute approximate surface area is 54.7 Å². The number of rotatable bonds is 1. The van der Waals surface area contributed by atoms with E-state index in [1.165, 1.54) is 6.42 Å². The van der Waals surface area contributed by atoms with Crippen molar-refractivity contribution in [1.29, 1.82) is 0 Å². The zero-order valence-corrected chi connectivity index (χ0v) is 5.47. The van der Waals surface area contributed by atoms with E-state index in [1.54, 1.807) is 0 Å². The zero-order chi connectivity index (χ0) is 6.74. The third-order valence-corrected chi connectivity index (χ3v) is 1.88. The Morgan fingerprint density at radius 3 is 2.11 bits per heavy atom. The van der Waals surface area contributed by atoms with Crippen molar-refractivity contribution in [1.82, 2.24) is 0 Å². The van der Waals surface area contributed by atoms with Gasteiger partial charge < -0.3 is 5.73 Å². The van der Waals surface area contributed by atoms with Gasteiger partial charge in [0.2, 0.25) is 0 Å². The van der Waals surface area contributed by atoms with E-state index in [2.05, 4.69) is 4.89 Å². The van der Waals surface area contributed by atoms with Crippen LogP contribution in [0.3, 0.4) is 0 Å². The minimum atomic E-state index is -0.724. The maximum Gasteiger partial charge on any atom is 0.151 e. The molecule has 0 unspecified atom stereocenters. The highest BCUT2D eigenvalue weighted by Crippen LogP contribution is 2.25. The van der Waals surface area contributed by atoms with Crippen LogP contribution in [0.15, 0.2) is 0 Å². The normalized spacial score (nSPS) is 26.0. The molecule has 3 heteroatoms. The van der Waals surface area contributed by atoms with E-state index in [0.717, 1.165) is 25.7 Å². The van der Waals surface area contributed by atoms with E-state index in [4.69, 9.17) is 11.0 Å². The standard InChI is InChI=1S/C6H13NO2/c7-6(9-8)4-2-1-3-5-6/h8H,1-5,7H2. The highest BCUT2D eigenvalue weighted by atomic mass is 17.1. The highest BCUT2D eigenvalue weighted by molar-refractivity contribution is 4.75. The largest absolute Gasteiger partial charge is 0.301 e. The van der Waals surface area contributed by atoms with Crippen molar-refractivity contribution in [2.75, 3.05) is 0 Å². The predicted octanol–water partition coefficient (Wildman–Crippen LogP) is 1.10. The molecule has 0 aromatic carbocycles. The van der Waals surface area contributed by atoms with Crippen LogP contribution in [0.25, 0.3) is 0 Å². The van der Waals surface area contributed by atoms with Crippen molar-refractivity contribution >= 4 is 0 Å². The molecule has 0 heterocycles.